The molecule has 3 rings (SSSR count). The van der Waals surface area contributed by atoms with Gasteiger partial charge in [-0.25, -0.2) is 4.79 Å². The number of rotatable bonds is 9. The Bertz CT molecular complexity index is 1340. The number of aliphatic carboxylic acids is 1. The van der Waals surface area contributed by atoms with E-state index in [-0.39, 0.29) is 31.9 Å². The molecule has 44 heavy (non-hydrogen) atoms. The number of ketones is 1. The highest BCUT2D eigenvalue weighted by molar-refractivity contribution is 6.05. The number of ether oxygens (including phenoxy) is 1. The molecule has 14 heteroatoms. The zero-order valence-electron chi connectivity index (χ0n) is 24.1. The van der Waals surface area contributed by atoms with Crippen molar-refractivity contribution in [2.24, 2.45) is 5.92 Å². The Morgan fingerprint density at radius 2 is 1.52 bits per heavy atom. The molecule has 1 saturated heterocycles. The van der Waals surface area contributed by atoms with Gasteiger partial charge in [-0.3, -0.25) is 19.7 Å². The quantitative estimate of drug-likeness (QED) is 0.224. The molecule has 3 unspecified atom stereocenters. The van der Waals surface area contributed by atoms with Crippen LogP contribution in [0.4, 0.5) is 26.3 Å². The van der Waals surface area contributed by atoms with Crippen LogP contribution in [0.15, 0.2) is 48.5 Å². The van der Waals surface area contributed by atoms with E-state index in [0.29, 0.717) is 17.7 Å². The van der Waals surface area contributed by atoms with Crippen LogP contribution in [-0.4, -0.2) is 64.4 Å². The molecule has 0 spiro atoms. The smallest absolute Gasteiger partial charge is 0.416 e. The number of carbonyl (C=O) groups excluding carboxylic acids is 3. The summed E-state index contributed by atoms with van der Waals surface area (Å²) in [5.74, 6) is -5.05. The van der Waals surface area contributed by atoms with Crippen molar-refractivity contribution in [3.63, 3.8) is 0 Å². The molecular weight excluding hydrogens is 598 g/mol. The van der Waals surface area contributed by atoms with E-state index >= 15 is 0 Å². The average molecular weight is 631 g/mol. The first kappa shape index (κ1) is 34.5. The first-order valence-corrected chi connectivity index (χ1v) is 13.6. The lowest BCUT2D eigenvalue weighted by Crippen LogP contribution is -2.54. The molecule has 2 aromatic carbocycles. The van der Waals surface area contributed by atoms with Crippen molar-refractivity contribution in [3.8, 4) is 0 Å². The molecular formula is C30H32F6N2O6. The maximum absolute atomic E-state index is 13.6. The van der Waals surface area contributed by atoms with Crippen LogP contribution in [0, 0.1) is 5.92 Å². The maximum Gasteiger partial charge on any atom is 0.416 e. The van der Waals surface area contributed by atoms with Crippen LogP contribution in [0.3, 0.4) is 0 Å². The summed E-state index contributed by atoms with van der Waals surface area (Å²) in [4.78, 5) is 52.3. The summed E-state index contributed by atoms with van der Waals surface area (Å²) < 4.78 is 86.3. The second kappa shape index (κ2) is 13.4. The molecule has 240 valence electrons. The summed E-state index contributed by atoms with van der Waals surface area (Å²) in [7, 11) is 0. The fourth-order valence-electron chi connectivity index (χ4n) is 4.99. The number of amides is 1. The van der Waals surface area contributed by atoms with Crippen LogP contribution in [0.25, 0.3) is 0 Å². The lowest BCUT2D eigenvalue weighted by atomic mass is 9.82. The number of alkyl halides is 6. The standard InChI is InChI=1S/C30H32F6N2O6/c1-28(2,3)44-27(43)24(37-16-23(39)40)25(41)18-9-10-38(22(14-18)11-17-7-5-4-6-8-17)26(42)19-12-20(29(31,32)33)15-21(13-19)30(34,35)36/h4-8,12-13,15,18,22,24,37H,9-11,14,16H2,1-3H3,(H,39,40). The molecule has 1 aliphatic heterocycles. The number of esters is 1. The molecule has 0 radical (unpaired) electrons. The second-order valence-corrected chi connectivity index (χ2v) is 11.5. The van der Waals surface area contributed by atoms with Crippen LogP contribution >= 0.6 is 0 Å². The molecule has 2 aromatic rings. The van der Waals surface area contributed by atoms with Crippen molar-refractivity contribution in [1.82, 2.24) is 10.2 Å². The van der Waals surface area contributed by atoms with E-state index in [1.165, 1.54) is 0 Å². The number of piperidine rings is 1. The van der Waals surface area contributed by atoms with E-state index in [4.69, 9.17) is 9.84 Å². The predicted molar refractivity (Wildman–Crippen MR) is 144 cm³/mol. The van der Waals surface area contributed by atoms with E-state index in [9.17, 15) is 45.5 Å². The predicted octanol–water partition coefficient (Wildman–Crippen LogP) is 5.14. The minimum Gasteiger partial charge on any atom is -0.480 e. The third-order valence-electron chi connectivity index (χ3n) is 6.91. The Balaban J connectivity index is 1.97. The van der Waals surface area contributed by atoms with E-state index in [0.717, 1.165) is 4.90 Å². The molecule has 0 aliphatic carbocycles. The second-order valence-electron chi connectivity index (χ2n) is 11.5. The Kier molecular flexibility index (Phi) is 10.5. The monoisotopic (exact) mass is 630 g/mol. The summed E-state index contributed by atoms with van der Waals surface area (Å²) >= 11 is 0. The molecule has 3 atom stereocenters. The summed E-state index contributed by atoms with van der Waals surface area (Å²) in [6, 6.07) is 6.67. The molecule has 8 nitrogen and oxygen atoms in total. The minimum atomic E-state index is -5.15. The number of carboxylic acids is 1. The van der Waals surface area contributed by atoms with E-state index in [1.54, 1.807) is 51.1 Å². The molecule has 1 aliphatic rings. The number of likely N-dealkylation sites (tertiary alicyclic amines) is 1. The highest BCUT2D eigenvalue weighted by Gasteiger charge is 2.42. The van der Waals surface area contributed by atoms with Gasteiger partial charge in [0, 0.05) is 24.1 Å². The van der Waals surface area contributed by atoms with Gasteiger partial charge in [0.2, 0.25) is 0 Å². The summed E-state index contributed by atoms with van der Waals surface area (Å²) in [5.41, 5.74) is -4.41. The number of carboxylic acid groups (broad SMARTS) is 1. The van der Waals surface area contributed by atoms with Crippen LogP contribution in [0.5, 0.6) is 0 Å². The summed E-state index contributed by atoms with van der Waals surface area (Å²) in [5, 5.41) is 11.5. The van der Waals surface area contributed by atoms with Crippen LogP contribution < -0.4 is 5.32 Å². The summed E-state index contributed by atoms with van der Waals surface area (Å²) in [6.45, 7) is 3.70. The highest BCUT2D eigenvalue weighted by atomic mass is 19.4. The Hall–Kier alpha value is -3.94. The number of hydrogen-bond acceptors (Lipinski definition) is 6. The van der Waals surface area contributed by atoms with Crippen molar-refractivity contribution in [3.05, 3.63) is 70.8 Å². The molecule has 1 fully saturated rings. The van der Waals surface area contributed by atoms with E-state index in [2.05, 4.69) is 5.32 Å². The molecule has 1 heterocycles. The summed E-state index contributed by atoms with van der Waals surface area (Å²) in [6.07, 6.45) is -10.4. The Morgan fingerprint density at radius 3 is 2.02 bits per heavy atom. The number of halogens is 6. The molecule has 0 bridgehead atoms. The maximum atomic E-state index is 13.6. The third kappa shape index (κ3) is 9.28. The van der Waals surface area contributed by atoms with Crippen LogP contribution in [-0.2, 0) is 37.9 Å². The minimum absolute atomic E-state index is 0.0654. The fraction of sp³-hybridized carbons (Fsp3) is 0.467. The average Bonchev–Trinajstić information content (AvgIpc) is 2.91. The molecule has 0 aromatic heterocycles. The van der Waals surface area contributed by atoms with Crippen LogP contribution in [0.2, 0.25) is 0 Å². The van der Waals surface area contributed by atoms with Gasteiger partial charge in [0.15, 0.2) is 11.8 Å². The van der Waals surface area contributed by atoms with Crippen molar-refractivity contribution in [1.29, 1.82) is 0 Å². The number of nitrogens with one attached hydrogen (secondary N) is 1. The van der Waals surface area contributed by atoms with Crippen LogP contribution in [0.1, 0.15) is 60.7 Å². The SMILES string of the molecule is CC(C)(C)OC(=O)C(NCC(=O)O)C(=O)C1CCN(C(=O)c2cc(C(F)(F)F)cc(C(F)(F)F)c2)C(Cc2ccccc2)C1. The molecule has 2 N–H and O–H groups in total. The highest BCUT2D eigenvalue weighted by Crippen LogP contribution is 2.37. The number of hydrogen-bond donors (Lipinski definition) is 2. The number of benzene rings is 2. The number of nitrogens with zero attached hydrogens (tertiary/aromatic N) is 1. The largest absolute Gasteiger partial charge is 0.480 e. The van der Waals surface area contributed by atoms with Gasteiger partial charge >= 0.3 is 24.3 Å². The zero-order valence-corrected chi connectivity index (χ0v) is 24.1. The zero-order chi connectivity index (χ0) is 33.0. The van der Waals surface area contributed by atoms with Gasteiger partial charge in [-0.15, -0.1) is 0 Å². The van der Waals surface area contributed by atoms with Crippen molar-refractivity contribution in [2.75, 3.05) is 13.1 Å². The van der Waals surface area contributed by atoms with Gasteiger partial charge < -0.3 is 14.7 Å². The lowest BCUT2D eigenvalue weighted by molar-refractivity contribution is -0.160. The van der Waals surface area contributed by atoms with Crippen molar-refractivity contribution >= 4 is 23.6 Å². The molecule has 0 saturated carbocycles. The topological polar surface area (TPSA) is 113 Å². The van der Waals surface area contributed by atoms with E-state index in [1.807, 2.05) is 0 Å². The van der Waals surface area contributed by atoms with Gasteiger partial charge in [0.05, 0.1) is 17.7 Å². The molecule has 1 amide bonds. The van der Waals surface area contributed by atoms with Crippen molar-refractivity contribution < 1.29 is 55.4 Å². The van der Waals surface area contributed by atoms with Gasteiger partial charge in [-0.1, -0.05) is 30.3 Å². The van der Waals surface area contributed by atoms with Gasteiger partial charge in [-0.05, 0) is 63.8 Å². The third-order valence-corrected chi connectivity index (χ3v) is 6.91. The van der Waals surface area contributed by atoms with Gasteiger partial charge in [-0.2, -0.15) is 26.3 Å². The van der Waals surface area contributed by atoms with E-state index < -0.39 is 82.8 Å². The number of Topliss-reactive ketones (excluding diaryl/α,β-unsaturated/α-hetero) is 1. The van der Waals surface area contributed by atoms with Crippen molar-refractivity contribution in [2.45, 2.75) is 70.1 Å². The Labute approximate surface area is 249 Å². The number of carbonyl (C=O) groups is 4. The lowest BCUT2D eigenvalue weighted by Gasteiger charge is -2.40. The Morgan fingerprint density at radius 1 is 0.955 bits per heavy atom. The first-order valence-electron chi connectivity index (χ1n) is 13.6. The fourth-order valence-corrected chi connectivity index (χ4v) is 4.99. The van der Waals surface area contributed by atoms with Gasteiger partial charge in [0.25, 0.3) is 5.91 Å². The first-order chi connectivity index (χ1) is 20.3. The normalized spacial score (nSPS) is 18.4. The van der Waals surface area contributed by atoms with Gasteiger partial charge in [0.1, 0.15) is 5.60 Å².